The predicted octanol–water partition coefficient (Wildman–Crippen LogP) is 3.93. The van der Waals surface area contributed by atoms with E-state index in [1.54, 1.807) is 13.2 Å². The number of benzene rings is 2. The highest BCUT2D eigenvalue weighted by Gasteiger charge is 2.17. The van der Waals surface area contributed by atoms with Crippen LogP contribution in [0, 0.1) is 0 Å². The molecule has 0 spiro atoms. The number of hydrogen-bond donors (Lipinski definition) is 2. The van der Waals surface area contributed by atoms with Crippen molar-refractivity contribution in [3.05, 3.63) is 59.1 Å². The van der Waals surface area contributed by atoms with Crippen LogP contribution < -0.4 is 10.1 Å². The van der Waals surface area contributed by atoms with Crippen molar-refractivity contribution in [2.24, 2.45) is 0 Å². The summed E-state index contributed by atoms with van der Waals surface area (Å²) in [4.78, 5) is 16.8. The summed E-state index contributed by atoms with van der Waals surface area (Å²) in [6.45, 7) is 2.20. The third-order valence-electron chi connectivity index (χ3n) is 3.89. The van der Waals surface area contributed by atoms with Gasteiger partial charge in [0.15, 0.2) is 5.82 Å². The normalized spacial score (nSPS) is 11.8. The number of carbonyl (C=O) groups excluding carboxylic acids is 1. The average molecular weight is 403 g/mol. The number of ether oxygens (including phenoxy) is 1. The topological polar surface area (TPSA) is 79.9 Å². The Hall–Kier alpha value is -2.51. The minimum atomic E-state index is -0.341. The van der Waals surface area contributed by atoms with E-state index in [0.717, 1.165) is 16.9 Å². The van der Waals surface area contributed by atoms with Gasteiger partial charge in [-0.05, 0) is 42.8 Å². The SMILES string of the molecule is COc1ccc(-c2nc(SC(C)C(=O)NCc3ccccc3Cl)n[nH]2)cc1. The number of thioether (sulfide) groups is 1. The molecule has 3 rings (SSSR count). The van der Waals surface area contributed by atoms with E-state index in [9.17, 15) is 4.79 Å². The van der Waals surface area contributed by atoms with Gasteiger partial charge in [-0.1, -0.05) is 41.6 Å². The van der Waals surface area contributed by atoms with Crippen molar-refractivity contribution in [2.75, 3.05) is 7.11 Å². The standard InChI is InChI=1S/C19H19ClN4O2S/c1-12(18(25)21-11-14-5-3-4-6-16(14)20)27-19-22-17(23-24-19)13-7-9-15(26-2)10-8-13/h3-10,12H,11H2,1-2H3,(H,21,25)(H,22,23,24). The smallest absolute Gasteiger partial charge is 0.233 e. The molecule has 0 bridgehead atoms. The highest BCUT2D eigenvalue weighted by molar-refractivity contribution is 8.00. The van der Waals surface area contributed by atoms with Gasteiger partial charge < -0.3 is 10.1 Å². The second-order valence-electron chi connectivity index (χ2n) is 5.76. The molecule has 0 aliphatic carbocycles. The average Bonchev–Trinajstić information content (AvgIpc) is 3.15. The Bertz CT molecular complexity index is 914. The van der Waals surface area contributed by atoms with Crippen LogP contribution in [0.1, 0.15) is 12.5 Å². The number of nitrogens with zero attached hydrogens (tertiary/aromatic N) is 2. The number of hydrogen-bond acceptors (Lipinski definition) is 5. The third-order valence-corrected chi connectivity index (χ3v) is 5.22. The summed E-state index contributed by atoms with van der Waals surface area (Å²) in [6.07, 6.45) is 0. The fourth-order valence-electron chi connectivity index (χ4n) is 2.36. The second kappa shape index (κ2) is 8.92. The lowest BCUT2D eigenvalue weighted by atomic mass is 10.2. The molecule has 1 atom stereocenters. The Morgan fingerprint density at radius 3 is 2.70 bits per heavy atom. The van der Waals surface area contributed by atoms with Gasteiger partial charge in [0, 0.05) is 17.1 Å². The van der Waals surface area contributed by atoms with Crippen molar-refractivity contribution in [2.45, 2.75) is 23.9 Å². The fourth-order valence-corrected chi connectivity index (χ4v) is 3.31. The van der Waals surface area contributed by atoms with Crippen molar-refractivity contribution in [3.63, 3.8) is 0 Å². The molecule has 27 heavy (non-hydrogen) atoms. The minimum absolute atomic E-state index is 0.101. The summed E-state index contributed by atoms with van der Waals surface area (Å²) in [5.74, 6) is 1.32. The molecule has 0 aliphatic rings. The van der Waals surface area contributed by atoms with Gasteiger partial charge in [-0.15, -0.1) is 5.10 Å². The van der Waals surface area contributed by atoms with Crippen LogP contribution in [-0.4, -0.2) is 33.4 Å². The molecule has 1 heterocycles. The van der Waals surface area contributed by atoms with Gasteiger partial charge in [-0.25, -0.2) is 4.98 Å². The van der Waals surface area contributed by atoms with Crippen LogP contribution in [-0.2, 0) is 11.3 Å². The van der Waals surface area contributed by atoms with E-state index in [-0.39, 0.29) is 11.2 Å². The quantitative estimate of drug-likeness (QED) is 0.585. The van der Waals surface area contributed by atoms with Gasteiger partial charge in [-0.2, -0.15) is 0 Å². The molecule has 0 saturated carbocycles. The van der Waals surface area contributed by atoms with Crippen LogP contribution in [0.25, 0.3) is 11.4 Å². The number of aromatic nitrogens is 3. The first-order valence-electron chi connectivity index (χ1n) is 8.31. The number of rotatable bonds is 7. The number of amides is 1. The zero-order valence-corrected chi connectivity index (χ0v) is 16.5. The third kappa shape index (κ3) is 5.02. The van der Waals surface area contributed by atoms with Crippen molar-refractivity contribution in [1.82, 2.24) is 20.5 Å². The first-order chi connectivity index (χ1) is 13.1. The first kappa shape index (κ1) is 19.3. The van der Waals surface area contributed by atoms with E-state index in [4.69, 9.17) is 16.3 Å². The predicted molar refractivity (Wildman–Crippen MR) is 107 cm³/mol. The Morgan fingerprint density at radius 2 is 2.00 bits per heavy atom. The number of carbonyl (C=O) groups is 1. The van der Waals surface area contributed by atoms with Crippen molar-refractivity contribution in [1.29, 1.82) is 0 Å². The summed E-state index contributed by atoms with van der Waals surface area (Å²) in [5, 5.41) is 10.8. The van der Waals surface area contributed by atoms with Crippen LogP contribution in [0.15, 0.2) is 53.7 Å². The molecular weight excluding hydrogens is 384 g/mol. The summed E-state index contributed by atoms with van der Waals surface area (Å²) in [7, 11) is 1.62. The molecule has 1 unspecified atom stereocenters. The Balaban J connectivity index is 1.57. The number of nitrogens with one attached hydrogen (secondary N) is 2. The van der Waals surface area contributed by atoms with E-state index in [2.05, 4.69) is 20.5 Å². The first-order valence-corrected chi connectivity index (χ1v) is 9.57. The lowest BCUT2D eigenvalue weighted by molar-refractivity contribution is -0.120. The lowest BCUT2D eigenvalue weighted by Gasteiger charge is -2.11. The summed E-state index contributed by atoms with van der Waals surface area (Å²) >= 11 is 7.40. The van der Waals surface area contributed by atoms with E-state index in [1.807, 2.05) is 49.4 Å². The molecule has 1 amide bonds. The summed E-state index contributed by atoms with van der Waals surface area (Å²) in [6, 6.07) is 14.9. The van der Waals surface area contributed by atoms with E-state index >= 15 is 0 Å². The minimum Gasteiger partial charge on any atom is -0.497 e. The number of aromatic amines is 1. The maximum atomic E-state index is 12.3. The van der Waals surface area contributed by atoms with Gasteiger partial charge in [0.1, 0.15) is 5.75 Å². The van der Waals surface area contributed by atoms with Crippen molar-refractivity contribution in [3.8, 4) is 17.1 Å². The number of halogens is 1. The molecule has 3 aromatic rings. The zero-order valence-electron chi connectivity index (χ0n) is 14.9. The van der Waals surface area contributed by atoms with Crippen LogP contribution in [0.5, 0.6) is 5.75 Å². The molecule has 2 aromatic carbocycles. The second-order valence-corrected chi connectivity index (χ2v) is 7.48. The summed E-state index contributed by atoms with van der Waals surface area (Å²) < 4.78 is 5.15. The molecule has 0 fully saturated rings. The molecular formula is C19H19ClN4O2S. The molecule has 0 radical (unpaired) electrons. The van der Waals surface area contributed by atoms with Crippen molar-refractivity contribution >= 4 is 29.3 Å². The fraction of sp³-hybridized carbons (Fsp3) is 0.211. The van der Waals surface area contributed by atoms with Gasteiger partial charge in [-0.3, -0.25) is 9.89 Å². The lowest BCUT2D eigenvalue weighted by Crippen LogP contribution is -2.30. The Kier molecular flexibility index (Phi) is 6.36. The van der Waals surface area contributed by atoms with Crippen LogP contribution in [0.2, 0.25) is 5.02 Å². The van der Waals surface area contributed by atoms with Crippen molar-refractivity contribution < 1.29 is 9.53 Å². The van der Waals surface area contributed by atoms with Gasteiger partial charge in [0.25, 0.3) is 0 Å². The number of methoxy groups -OCH3 is 1. The van der Waals surface area contributed by atoms with Gasteiger partial charge >= 0.3 is 0 Å². The Labute approximate surface area is 166 Å². The van der Waals surface area contributed by atoms with E-state index < -0.39 is 0 Å². The largest absolute Gasteiger partial charge is 0.497 e. The van der Waals surface area contributed by atoms with Crippen LogP contribution in [0.3, 0.4) is 0 Å². The molecule has 1 aromatic heterocycles. The molecule has 6 nitrogen and oxygen atoms in total. The van der Waals surface area contributed by atoms with Crippen LogP contribution >= 0.6 is 23.4 Å². The molecule has 140 valence electrons. The maximum Gasteiger partial charge on any atom is 0.233 e. The van der Waals surface area contributed by atoms with Gasteiger partial charge in [0.05, 0.1) is 12.4 Å². The number of H-pyrrole nitrogens is 1. The molecule has 0 aliphatic heterocycles. The monoisotopic (exact) mass is 402 g/mol. The Morgan fingerprint density at radius 1 is 1.26 bits per heavy atom. The summed E-state index contributed by atoms with van der Waals surface area (Å²) in [5.41, 5.74) is 1.77. The molecule has 0 saturated heterocycles. The van der Waals surface area contributed by atoms with Crippen LogP contribution in [0.4, 0.5) is 0 Å². The highest BCUT2D eigenvalue weighted by atomic mass is 35.5. The highest BCUT2D eigenvalue weighted by Crippen LogP contribution is 2.24. The molecule has 8 heteroatoms. The molecule has 2 N–H and O–H groups in total. The zero-order chi connectivity index (χ0) is 19.2. The van der Waals surface area contributed by atoms with Gasteiger partial charge in [0.2, 0.25) is 11.1 Å². The van der Waals surface area contributed by atoms with E-state index in [1.165, 1.54) is 11.8 Å². The maximum absolute atomic E-state index is 12.3. The van der Waals surface area contributed by atoms with E-state index in [0.29, 0.717) is 22.5 Å².